The fraction of sp³-hybridized carbons (Fsp3) is 0.833. The van der Waals surface area contributed by atoms with Gasteiger partial charge in [0.1, 0.15) is 0 Å². The lowest BCUT2D eigenvalue weighted by Gasteiger charge is -2.26. The average molecular weight is 275 g/mol. The van der Waals surface area contributed by atoms with Gasteiger partial charge in [-0.05, 0) is 12.8 Å². The van der Waals surface area contributed by atoms with Crippen molar-refractivity contribution in [2.75, 3.05) is 18.1 Å². The van der Waals surface area contributed by atoms with Crippen molar-refractivity contribution in [3.05, 3.63) is 0 Å². The Balaban J connectivity index is 2.21. The Morgan fingerprint density at radius 3 is 2.28 bits per heavy atom. The molecule has 0 unspecified atom stereocenters. The molecule has 0 bridgehead atoms. The maximum atomic E-state index is 11.5. The third-order valence-corrected chi connectivity index (χ3v) is 4.02. The SMILES string of the molecule is O=C(O)CSCC(=O)NCC1(O)CCCCCC1. The van der Waals surface area contributed by atoms with E-state index in [9.17, 15) is 14.7 Å². The summed E-state index contributed by atoms with van der Waals surface area (Å²) in [6.45, 7) is 0.277. The van der Waals surface area contributed by atoms with Crippen LogP contribution in [0.3, 0.4) is 0 Å². The summed E-state index contributed by atoms with van der Waals surface area (Å²) in [6.07, 6.45) is 5.75. The van der Waals surface area contributed by atoms with E-state index in [0.717, 1.165) is 50.3 Å². The number of aliphatic hydroxyl groups is 1. The van der Waals surface area contributed by atoms with Crippen LogP contribution in [0.25, 0.3) is 0 Å². The fourth-order valence-corrected chi connectivity index (χ4v) is 2.67. The van der Waals surface area contributed by atoms with Crippen LogP contribution in [0.5, 0.6) is 0 Å². The fourth-order valence-electron chi connectivity index (χ4n) is 2.11. The number of thioether (sulfide) groups is 1. The molecule has 1 aliphatic carbocycles. The second kappa shape index (κ2) is 7.63. The van der Waals surface area contributed by atoms with Gasteiger partial charge in [-0.2, -0.15) is 0 Å². The molecule has 0 heterocycles. The predicted octanol–water partition coefficient (Wildman–Crippen LogP) is 1.01. The van der Waals surface area contributed by atoms with Gasteiger partial charge in [0.15, 0.2) is 0 Å². The molecule has 1 fully saturated rings. The second-order valence-corrected chi connectivity index (χ2v) is 5.79. The highest BCUT2D eigenvalue weighted by Gasteiger charge is 2.28. The van der Waals surface area contributed by atoms with Crippen LogP contribution in [-0.2, 0) is 9.59 Å². The van der Waals surface area contributed by atoms with Crippen LogP contribution in [0.2, 0.25) is 0 Å². The van der Waals surface area contributed by atoms with E-state index >= 15 is 0 Å². The number of aliphatic carboxylic acids is 1. The maximum Gasteiger partial charge on any atom is 0.313 e. The summed E-state index contributed by atoms with van der Waals surface area (Å²) in [5.74, 6) is -1.07. The normalized spacial score (nSPS) is 18.9. The van der Waals surface area contributed by atoms with Crippen LogP contribution in [0.1, 0.15) is 38.5 Å². The van der Waals surface area contributed by atoms with Crippen LogP contribution in [0, 0.1) is 0 Å². The van der Waals surface area contributed by atoms with E-state index in [1.54, 1.807) is 0 Å². The predicted molar refractivity (Wildman–Crippen MR) is 70.6 cm³/mol. The van der Waals surface area contributed by atoms with Crippen molar-refractivity contribution in [3.8, 4) is 0 Å². The molecule has 3 N–H and O–H groups in total. The number of amides is 1. The van der Waals surface area contributed by atoms with Crippen molar-refractivity contribution in [2.24, 2.45) is 0 Å². The standard InChI is InChI=1S/C12H21NO4S/c14-10(7-18-8-11(15)16)13-9-12(17)5-3-1-2-4-6-12/h17H,1-9H2,(H,13,14)(H,15,16). The van der Waals surface area contributed by atoms with Crippen LogP contribution in [0.4, 0.5) is 0 Å². The molecule has 0 aliphatic heterocycles. The molecule has 6 heteroatoms. The van der Waals surface area contributed by atoms with Gasteiger partial charge in [-0.15, -0.1) is 11.8 Å². The van der Waals surface area contributed by atoms with E-state index in [0.29, 0.717) is 0 Å². The highest BCUT2D eigenvalue weighted by Crippen LogP contribution is 2.26. The number of carboxylic acid groups (broad SMARTS) is 1. The van der Waals surface area contributed by atoms with E-state index in [1.807, 2.05) is 0 Å². The van der Waals surface area contributed by atoms with Crippen molar-refractivity contribution in [1.29, 1.82) is 0 Å². The first kappa shape index (κ1) is 15.3. The number of rotatable bonds is 6. The van der Waals surface area contributed by atoms with E-state index in [1.165, 1.54) is 0 Å². The highest BCUT2D eigenvalue weighted by atomic mass is 32.2. The van der Waals surface area contributed by atoms with E-state index in [2.05, 4.69) is 5.32 Å². The summed E-state index contributed by atoms with van der Waals surface area (Å²) in [6, 6.07) is 0. The summed E-state index contributed by atoms with van der Waals surface area (Å²) in [4.78, 5) is 21.7. The van der Waals surface area contributed by atoms with Gasteiger partial charge in [-0.3, -0.25) is 9.59 Å². The second-order valence-electron chi connectivity index (χ2n) is 4.80. The highest BCUT2D eigenvalue weighted by molar-refractivity contribution is 8.00. The van der Waals surface area contributed by atoms with Gasteiger partial charge in [0.05, 0.1) is 17.1 Å². The Bertz CT molecular complexity index is 288. The molecule has 1 rings (SSSR count). The Labute approximate surface area is 111 Å². The number of hydrogen-bond acceptors (Lipinski definition) is 4. The van der Waals surface area contributed by atoms with Gasteiger partial charge in [0, 0.05) is 6.54 Å². The molecule has 1 aliphatic rings. The number of carbonyl (C=O) groups excluding carboxylic acids is 1. The lowest BCUT2D eigenvalue weighted by atomic mass is 9.94. The lowest BCUT2D eigenvalue weighted by molar-refractivity contribution is -0.133. The quantitative estimate of drug-likeness (QED) is 0.630. The third-order valence-electron chi connectivity index (χ3n) is 3.11. The van der Waals surface area contributed by atoms with Gasteiger partial charge in [-0.1, -0.05) is 25.7 Å². The average Bonchev–Trinajstić information content (AvgIpc) is 2.52. The van der Waals surface area contributed by atoms with Gasteiger partial charge >= 0.3 is 5.97 Å². The van der Waals surface area contributed by atoms with Gasteiger partial charge in [0.2, 0.25) is 5.91 Å². The molecule has 18 heavy (non-hydrogen) atoms. The zero-order valence-corrected chi connectivity index (χ0v) is 11.3. The van der Waals surface area contributed by atoms with Gasteiger partial charge in [0.25, 0.3) is 0 Å². The minimum atomic E-state index is -0.921. The Morgan fingerprint density at radius 2 is 1.72 bits per heavy atom. The largest absolute Gasteiger partial charge is 0.481 e. The Hall–Kier alpha value is -0.750. The molecule has 0 saturated heterocycles. The first-order valence-electron chi connectivity index (χ1n) is 6.30. The first-order valence-corrected chi connectivity index (χ1v) is 7.46. The molecule has 104 valence electrons. The smallest absolute Gasteiger partial charge is 0.313 e. The van der Waals surface area contributed by atoms with E-state index < -0.39 is 11.6 Å². The number of carboxylic acids is 1. The molecule has 0 atom stereocenters. The van der Waals surface area contributed by atoms with E-state index in [4.69, 9.17) is 5.11 Å². The van der Waals surface area contributed by atoms with Gasteiger partial charge < -0.3 is 15.5 Å². The van der Waals surface area contributed by atoms with Crippen molar-refractivity contribution >= 4 is 23.6 Å². The number of carbonyl (C=O) groups is 2. The van der Waals surface area contributed by atoms with Crippen molar-refractivity contribution in [3.63, 3.8) is 0 Å². The summed E-state index contributed by atoms with van der Waals surface area (Å²) < 4.78 is 0. The number of hydrogen-bond donors (Lipinski definition) is 3. The summed E-state index contributed by atoms with van der Waals surface area (Å²) in [7, 11) is 0. The molecule has 1 amide bonds. The Kier molecular flexibility index (Phi) is 6.49. The molecular weight excluding hydrogens is 254 g/mol. The summed E-state index contributed by atoms with van der Waals surface area (Å²) in [5.41, 5.74) is -0.774. The molecule has 0 spiro atoms. The number of nitrogens with one attached hydrogen (secondary N) is 1. The Morgan fingerprint density at radius 1 is 1.11 bits per heavy atom. The third kappa shape index (κ3) is 6.26. The summed E-state index contributed by atoms with van der Waals surface area (Å²) in [5, 5.41) is 21.4. The topological polar surface area (TPSA) is 86.6 Å². The molecule has 5 nitrogen and oxygen atoms in total. The van der Waals surface area contributed by atoms with Crippen molar-refractivity contribution in [2.45, 2.75) is 44.1 Å². The van der Waals surface area contributed by atoms with E-state index in [-0.39, 0.29) is 24.0 Å². The zero-order valence-electron chi connectivity index (χ0n) is 10.5. The van der Waals surface area contributed by atoms with Crippen LogP contribution in [0.15, 0.2) is 0 Å². The molecule has 0 radical (unpaired) electrons. The first-order chi connectivity index (χ1) is 8.52. The molecule has 0 aromatic carbocycles. The molecular formula is C12H21NO4S. The van der Waals surface area contributed by atoms with Crippen molar-refractivity contribution < 1.29 is 19.8 Å². The van der Waals surface area contributed by atoms with Gasteiger partial charge in [-0.25, -0.2) is 0 Å². The van der Waals surface area contributed by atoms with Crippen LogP contribution >= 0.6 is 11.8 Å². The monoisotopic (exact) mass is 275 g/mol. The minimum absolute atomic E-state index is 0.0717. The van der Waals surface area contributed by atoms with Crippen molar-refractivity contribution in [1.82, 2.24) is 5.32 Å². The van der Waals surface area contributed by atoms with Crippen LogP contribution in [-0.4, -0.2) is 45.7 Å². The minimum Gasteiger partial charge on any atom is -0.481 e. The maximum absolute atomic E-state index is 11.5. The molecule has 1 saturated carbocycles. The molecule has 0 aromatic rings. The van der Waals surface area contributed by atoms with Crippen LogP contribution < -0.4 is 5.32 Å². The lowest BCUT2D eigenvalue weighted by Crippen LogP contribution is -2.43. The zero-order chi connectivity index (χ0) is 13.4. The molecule has 0 aromatic heterocycles. The summed E-state index contributed by atoms with van der Waals surface area (Å²) >= 11 is 1.07.